The van der Waals surface area contributed by atoms with E-state index < -0.39 is 6.10 Å². The van der Waals surface area contributed by atoms with Gasteiger partial charge in [-0.05, 0) is 31.2 Å². The van der Waals surface area contributed by atoms with Crippen LogP contribution in [0.25, 0.3) is 0 Å². The Balaban J connectivity index is 1.61. The number of nitrogens with zero attached hydrogens (tertiary/aromatic N) is 3. The number of rotatable bonds is 6. The summed E-state index contributed by atoms with van der Waals surface area (Å²) >= 11 is 0. The first-order chi connectivity index (χ1) is 14.0. The molecule has 2 aliphatic heterocycles. The van der Waals surface area contributed by atoms with Crippen molar-refractivity contribution in [1.29, 1.82) is 0 Å². The third-order valence-corrected chi connectivity index (χ3v) is 5.06. The molecule has 0 unspecified atom stereocenters. The fourth-order valence-corrected chi connectivity index (χ4v) is 3.33. The number of carbonyl (C=O) groups is 1. The van der Waals surface area contributed by atoms with Crippen molar-refractivity contribution in [2.45, 2.75) is 20.0 Å². The van der Waals surface area contributed by atoms with Gasteiger partial charge in [0.1, 0.15) is 5.82 Å². The van der Waals surface area contributed by atoms with Crippen molar-refractivity contribution in [3.8, 4) is 0 Å². The highest BCUT2D eigenvalue weighted by Crippen LogP contribution is 2.20. The average Bonchev–Trinajstić information content (AvgIpc) is 2.73. The first-order valence-electron chi connectivity index (χ1n) is 10.0. The molecular weight excluding hydrogens is 370 g/mol. The van der Waals surface area contributed by atoms with Crippen LogP contribution >= 0.6 is 0 Å². The number of hydrogen-bond donors (Lipinski definition) is 5. The number of piperazine rings is 1. The van der Waals surface area contributed by atoms with Crippen molar-refractivity contribution in [2.75, 3.05) is 56.0 Å². The first kappa shape index (κ1) is 20.9. The Labute approximate surface area is 171 Å². The number of nitrogens with two attached hydrogens (primary N) is 1. The van der Waals surface area contributed by atoms with Crippen LogP contribution in [0.1, 0.15) is 13.8 Å². The molecule has 29 heavy (non-hydrogen) atoms. The van der Waals surface area contributed by atoms with Gasteiger partial charge in [0.05, 0.1) is 6.10 Å². The second-order valence-corrected chi connectivity index (χ2v) is 7.37. The van der Waals surface area contributed by atoms with E-state index in [2.05, 4.69) is 38.0 Å². The van der Waals surface area contributed by atoms with Crippen molar-refractivity contribution < 1.29 is 9.90 Å². The molecule has 0 saturated carbocycles. The molecule has 1 atom stereocenters. The molecule has 0 radical (unpaired) electrons. The minimum Gasteiger partial charge on any atom is -0.392 e. The lowest BCUT2D eigenvalue weighted by molar-refractivity contribution is -0.129. The molecule has 1 aromatic carbocycles. The Hall–Kier alpha value is -2.78. The van der Waals surface area contributed by atoms with Gasteiger partial charge in [-0.15, -0.1) is 0 Å². The zero-order valence-corrected chi connectivity index (χ0v) is 17.1. The van der Waals surface area contributed by atoms with Gasteiger partial charge < -0.3 is 36.6 Å². The van der Waals surface area contributed by atoms with E-state index in [9.17, 15) is 9.90 Å². The molecule has 1 amide bonds. The topological polar surface area (TPSA) is 118 Å². The first-order valence-corrected chi connectivity index (χ1v) is 10.0. The molecule has 0 bridgehead atoms. The number of carbonyl (C=O) groups excluding carboxylic acids is 1. The van der Waals surface area contributed by atoms with Crippen LogP contribution in [0.4, 0.5) is 11.4 Å². The number of aliphatic hydroxyl groups is 1. The lowest BCUT2D eigenvalue weighted by Crippen LogP contribution is -2.48. The van der Waals surface area contributed by atoms with Gasteiger partial charge in [-0.1, -0.05) is 0 Å². The molecule has 6 N–H and O–H groups in total. The third kappa shape index (κ3) is 5.61. The van der Waals surface area contributed by atoms with Gasteiger partial charge >= 0.3 is 0 Å². The van der Waals surface area contributed by atoms with Gasteiger partial charge in [0.15, 0.2) is 0 Å². The van der Waals surface area contributed by atoms with Crippen LogP contribution in [0, 0.1) is 0 Å². The van der Waals surface area contributed by atoms with Crippen molar-refractivity contribution in [1.82, 2.24) is 15.5 Å². The number of nitrogens with one attached hydrogen (secondary N) is 3. The fraction of sp³-hybridized carbons (Fsp3) is 0.500. The second kappa shape index (κ2) is 9.62. The maximum Gasteiger partial charge on any atom is 0.219 e. The van der Waals surface area contributed by atoms with E-state index in [-0.39, 0.29) is 5.91 Å². The summed E-state index contributed by atoms with van der Waals surface area (Å²) in [5.74, 6) is 1.48. The smallest absolute Gasteiger partial charge is 0.219 e. The number of benzene rings is 1. The van der Waals surface area contributed by atoms with Crippen LogP contribution in [0.15, 0.2) is 40.7 Å². The molecule has 1 fully saturated rings. The molecule has 0 spiro atoms. The Morgan fingerprint density at radius 1 is 1.28 bits per heavy atom. The summed E-state index contributed by atoms with van der Waals surface area (Å²) in [5.41, 5.74) is 8.83. The monoisotopic (exact) mass is 401 g/mol. The normalized spacial score (nSPS) is 18.1. The van der Waals surface area contributed by atoms with Crippen LogP contribution in [0.5, 0.6) is 0 Å². The van der Waals surface area contributed by atoms with E-state index in [1.807, 2.05) is 17.0 Å². The fourth-order valence-electron chi connectivity index (χ4n) is 3.33. The van der Waals surface area contributed by atoms with Crippen LogP contribution in [-0.2, 0) is 4.79 Å². The minimum absolute atomic E-state index is 0.138. The minimum atomic E-state index is -0.465. The van der Waals surface area contributed by atoms with Crippen LogP contribution in [-0.4, -0.2) is 73.8 Å². The Morgan fingerprint density at radius 3 is 2.55 bits per heavy atom. The van der Waals surface area contributed by atoms with E-state index in [0.29, 0.717) is 31.4 Å². The molecule has 0 aromatic heterocycles. The quantitative estimate of drug-likeness (QED) is 0.450. The lowest BCUT2D eigenvalue weighted by atomic mass is 10.2. The van der Waals surface area contributed by atoms with Gasteiger partial charge in [0.25, 0.3) is 0 Å². The van der Waals surface area contributed by atoms with E-state index >= 15 is 0 Å². The van der Waals surface area contributed by atoms with Crippen LogP contribution in [0.3, 0.4) is 0 Å². The Morgan fingerprint density at radius 2 is 1.97 bits per heavy atom. The molecule has 3 rings (SSSR count). The summed E-state index contributed by atoms with van der Waals surface area (Å²) < 4.78 is 0. The van der Waals surface area contributed by atoms with E-state index in [4.69, 9.17) is 5.73 Å². The summed E-state index contributed by atoms with van der Waals surface area (Å²) in [6, 6.07) is 8.18. The van der Waals surface area contributed by atoms with Gasteiger partial charge in [-0.3, -0.25) is 4.79 Å². The maximum absolute atomic E-state index is 11.5. The van der Waals surface area contributed by atoms with Crippen molar-refractivity contribution >= 4 is 23.2 Å². The van der Waals surface area contributed by atoms with Crippen molar-refractivity contribution in [3.05, 3.63) is 35.7 Å². The Bertz CT molecular complexity index is 766. The van der Waals surface area contributed by atoms with E-state index in [1.165, 1.54) is 0 Å². The summed E-state index contributed by atoms with van der Waals surface area (Å²) in [6.07, 6.45) is -0.465. The lowest BCUT2D eigenvalue weighted by Gasteiger charge is -2.35. The predicted octanol–water partition coefficient (Wildman–Crippen LogP) is -0.133. The van der Waals surface area contributed by atoms with Crippen molar-refractivity contribution in [2.24, 2.45) is 10.7 Å². The summed E-state index contributed by atoms with van der Waals surface area (Å²) in [4.78, 5) is 20.2. The second-order valence-electron chi connectivity index (χ2n) is 7.37. The van der Waals surface area contributed by atoms with Crippen LogP contribution < -0.4 is 26.6 Å². The molecule has 1 saturated heterocycles. The average molecular weight is 402 g/mol. The molecule has 1 aromatic rings. The predicted molar refractivity (Wildman–Crippen MR) is 116 cm³/mol. The molecule has 9 nitrogen and oxygen atoms in total. The molecule has 2 aliphatic rings. The zero-order chi connectivity index (χ0) is 20.8. The number of hydrogen-bond acceptors (Lipinski definition) is 8. The largest absolute Gasteiger partial charge is 0.392 e. The molecule has 158 valence electrons. The summed E-state index contributed by atoms with van der Waals surface area (Å²) in [6.45, 7) is 7.96. The summed E-state index contributed by atoms with van der Waals surface area (Å²) in [7, 11) is 0. The Kier molecular flexibility index (Phi) is 6.95. The number of amides is 1. The SMILES string of the molecule is CC(=O)N1CCN(c2ccc(NC3=NC(NC[C@H](C)O)=C(CN)CN3)cc2)CC1. The number of aliphatic imine (C=N–C) groups is 1. The highest BCUT2D eigenvalue weighted by molar-refractivity contribution is 5.95. The van der Waals surface area contributed by atoms with Gasteiger partial charge in [-0.2, -0.15) is 4.99 Å². The van der Waals surface area contributed by atoms with E-state index in [0.717, 1.165) is 43.1 Å². The third-order valence-electron chi connectivity index (χ3n) is 5.06. The highest BCUT2D eigenvalue weighted by Gasteiger charge is 2.19. The van der Waals surface area contributed by atoms with Crippen molar-refractivity contribution in [3.63, 3.8) is 0 Å². The molecule has 0 aliphatic carbocycles. The number of aliphatic hydroxyl groups excluding tert-OH is 1. The van der Waals surface area contributed by atoms with Crippen LogP contribution in [0.2, 0.25) is 0 Å². The maximum atomic E-state index is 11.5. The van der Waals surface area contributed by atoms with Gasteiger partial charge in [-0.25, -0.2) is 0 Å². The summed E-state index contributed by atoms with van der Waals surface area (Å²) in [5, 5.41) is 19.2. The van der Waals surface area contributed by atoms with E-state index in [1.54, 1.807) is 13.8 Å². The zero-order valence-electron chi connectivity index (χ0n) is 17.1. The number of guanidine groups is 1. The standard InChI is InChI=1S/C20H31N7O2/c1-14(28)12-22-19-16(11-21)13-23-20(25-19)24-17-3-5-18(6-4-17)27-9-7-26(8-10-27)15(2)29/h3-6,14,22,28H,7-13,21H2,1-2H3,(H2,23,24,25)/t14-/m0/s1. The molecular formula is C20H31N7O2. The molecule has 2 heterocycles. The molecule has 9 heteroatoms. The van der Waals surface area contributed by atoms with Gasteiger partial charge in [0.2, 0.25) is 11.9 Å². The number of anilines is 2. The van der Waals surface area contributed by atoms with Gasteiger partial charge in [0, 0.05) is 69.7 Å². The highest BCUT2D eigenvalue weighted by atomic mass is 16.3.